The second kappa shape index (κ2) is 4.58. The first-order chi connectivity index (χ1) is 5.86. The van der Waals surface area contributed by atoms with Crippen LogP contribution >= 0.6 is 12.4 Å². The molecule has 0 unspecified atom stereocenters. The van der Waals surface area contributed by atoms with Crippen LogP contribution in [0, 0.1) is 0 Å². The number of aromatic nitrogens is 2. The first-order valence-corrected chi connectivity index (χ1v) is 4.38. The third-order valence-electron chi connectivity index (χ3n) is 2.50. The quantitative estimate of drug-likeness (QED) is 0.751. The van der Waals surface area contributed by atoms with E-state index in [4.69, 9.17) is 10.3 Å². The van der Waals surface area contributed by atoms with E-state index in [-0.39, 0.29) is 12.4 Å². The Morgan fingerprint density at radius 1 is 1.31 bits per heavy atom. The fourth-order valence-corrected chi connectivity index (χ4v) is 1.73. The molecule has 5 heteroatoms. The van der Waals surface area contributed by atoms with Crippen LogP contribution in [0.3, 0.4) is 0 Å². The summed E-state index contributed by atoms with van der Waals surface area (Å²) in [5.74, 6) is 1.23. The van der Waals surface area contributed by atoms with Gasteiger partial charge in [-0.25, -0.2) is 0 Å². The zero-order valence-electron chi connectivity index (χ0n) is 7.35. The number of hydrogen-bond donors (Lipinski definition) is 1. The van der Waals surface area contributed by atoms with Crippen molar-refractivity contribution in [1.29, 1.82) is 0 Å². The maximum atomic E-state index is 5.78. The van der Waals surface area contributed by atoms with Crippen LogP contribution in [0.2, 0.25) is 0 Å². The molecule has 1 aliphatic rings. The van der Waals surface area contributed by atoms with Gasteiger partial charge in [-0.1, -0.05) is 5.16 Å². The highest BCUT2D eigenvalue weighted by molar-refractivity contribution is 5.85. The van der Waals surface area contributed by atoms with Crippen LogP contribution in [-0.4, -0.2) is 16.2 Å². The van der Waals surface area contributed by atoms with E-state index in [1.54, 1.807) is 0 Å². The molecule has 0 aliphatic heterocycles. The molecule has 0 atom stereocenters. The maximum absolute atomic E-state index is 5.78. The highest BCUT2D eigenvalue weighted by Crippen LogP contribution is 2.30. The van der Waals surface area contributed by atoms with E-state index in [0.29, 0.717) is 12.0 Å². The van der Waals surface area contributed by atoms with Crippen molar-refractivity contribution in [2.45, 2.75) is 37.6 Å². The van der Waals surface area contributed by atoms with E-state index in [9.17, 15) is 0 Å². The van der Waals surface area contributed by atoms with Crippen LogP contribution in [-0.2, 0) is 0 Å². The Morgan fingerprint density at radius 3 is 2.54 bits per heavy atom. The fraction of sp³-hybridized carbons (Fsp3) is 0.750. The highest BCUT2D eigenvalue weighted by Gasteiger charge is 2.23. The summed E-state index contributed by atoms with van der Waals surface area (Å²) in [6.07, 6.45) is 5.79. The largest absolute Gasteiger partial charge is 0.339 e. The first-order valence-electron chi connectivity index (χ1n) is 4.38. The van der Waals surface area contributed by atoms with E-state index in [0.717, 1.165) is 31.6 Å². The standard InChI is InChI=1S/C8H13N3O.ClH/c9-7-3-1-6(2-4-7)8-10-5-11-12-8;/h5-7H,1-4,9H2;1H. The number of halogens is 1. The zero-order valence-corrected chi connectivity index (χ0v) is 8.17. The lowest BCUT2D eigenvalue weighted by Gasteiger charge is -2.22. The summed E-state index contributed by atoms with van der Waals surface area (Å²) in [6.45, 7) is 0. The molecular weight excluding hydrogens is 190 g/mol. The molecule has 1 fully saturated rings. The fourth-order valence-electron chi connectivity index (χ4n) is 1.73. The predicted molar refractivity (Wildman–Crippen MR) is 50.7 cm³/mol. The summed E-state index contributed by atoms with van der Waals surface area (Å²) in [4.78, 5) is 4.05. The van der Waals surface area contributed by atoms with Gasteiger partial charge >= 0.3 is 0 Å². The summed E-state index contributed by atoms with van der Waals surface area (Å²) in [5.41, 5.74) is 5.78. The van der Waals surface area contributed by atoms with Gasteiger partial charge < -0.3 is 10.3 Å². The van der Waals surface area contributed by atoms with Crippen molar-refractivity contribution in [3.63, 3.8) is 0 Å². The lowest BCUT2D eigenvalue weighted by Crippen LogP contribution is -2.25. The van der Waals surface area contributed by atoms with Crippen LogP contribution < -0.4 is 5.73 Å². The molecule has 1 aliphatic carbocycles. The normalized spacial score (nSPS) is 28.1. The molecule has 1 heterocycles. The number of nitrogens with two attached hydrogens (primary N) is 1. The molecule has 0 spiro atoms. The minimum Gasteiger partial charge on any atom is -0.339 e. The van der Waals surface area contributed by atoms with Crippen LogP contribution in [0.15, 0.2) is 10.9 Å². The molecule has 0 amide bonds. The zero-order chi connectivity index (χ0) is 8.39. The van der Waals surface area contributed by atoms with Crippen molar-refractivity contribution >= 4 is 12.4 Å². The molecule has 13 heavy (non-hydrogen) atoms. The van der Waals surface area contributed by atoms with Gasteiger partial charge in [-0.3, -0.25) is 0 Å². The predicted octanol–water partition coefficient (Wildman–Crippen LogP) is 1.48. The van der Waals surface area contributed by atoms with Crippen LogP contribution in [0.25, 0.3) is 0 Å². The SMILES string of the molecule is Cl.NC1CCC(c2ncno2)CC1. The van der Waals surface area contributed by atoms with Crippen molar-refractivity contribution < 1.29 is 4.52 Å². The summed E-state index contributed by atoms with van der Waals surface area (Å²) >= 11 is 0. The number of hydrogen-bond acceptors (Lipinski definition) is 4. The maximum Gasteiger partial charge on any atom is 0.229 e. The van der Waals surface area contributed by atoms with E-state index in [1.807, 2.05) is 0 Å². The molecule has 0 bridgehead atoms. The summed E-state index contributed by atoms with van der Waals surface area (Å²) in [6, 6.07) is 0.379. The average molecular weight is 204 g/mol. The van der Waals surface area contributed by atoms with Crippen molar-refractivity contribution in [3.8, 4) is 0 Å². The van der Waals surface area contributed by atoms with Gasteiger partial charge in [0.05, 0.1) is 0 Å². The molecule has 2 rings (SSSR count). The van der Waals surface area contributed by atoms with E-state index in [2.05, 4.69) is 10.1 Å². The van der Waals surface area contributed by atoms with Crippen LogP contribution in [0.4, 0.5) is 0 Å². The highest BCUT2D eigenvalue weighted by atomic mass is 35.5. The van der Waals surface area contributed by atoms with Crippen molar-refractivity contribution in [3.05, 3.63) is 12.2 Å². The second-order valence-electron chi connectivity index (χ2n) is 3.39. The molecule has 1 aromatic heterocycles. The Hall–Kier alpha value is -0.610. The molecule has 1 saturated carbocycles. The van der Waals surface area contributed by atoms with Gasteiger partial charge in [-0.05, 0) is 25.7 Å². The van der Waals surface area contributed by atoms with Crippen molar-refractivity contribution in [2.24, 2.45) is 5.73 Å². The van der Waals surface area contributed by atoms with Gasteiger partial charge in [-0.2, -0.15) is 4.98 Å². The molecule has 1 aromatic rings. The molecule has 0 radical (unpaired) electrons. The number of rotatable bonds is 1. The Bertz CT molecular complexity index is 232. The van der Waals surface area contributed by atoms with Gasteiger partial charge in [0.15, 0.2) is 6.33 Å². The Kier molecular flexibility index (Phi) is 3.69. The second-order valence-corrected chi connectivity index (χ2v) is 3.39. The van der Waals surface area contributed by atoms with Crippen molar-refractivity contribution in [2.75, 3.05) is 0 Å². The minimum atomic E-state index is 0. The topological polar surface area (TPSA) is 64.9 Å². The van der Waals surface area contributed by atoms with Gasteiger partial charge in [0.2, 0.25) is 5.89 Å². The Labute approximate surface area is 83.3 Å². The van der Waals surface area contributed by atoms with E-state index < -0.39 is 0 Å². The van der Waals surface area contributed by atoms with E-state index in [1.165, 1.54) is 6.33 Å². The van der Waals surface area contributed by atoms with E-state index >= 15 is 0 Å². The van der Waals surface area contributed by atoms with Crippen molar-refractivity contribution in [1.82, 2.24) is 10.1 Å². The smallest absolute Gasteiger partial charge is 0.229 e. The Balaban J connectivity index is 0.000000845. The molecule has 2 N–H and O–H groups in total. The monoisotopic (exact) mass is 203 g/mol. The summed E-state index contributed by atoms with van der Waals surface area (Å²) < 4.78 is 5.01. The molecule has 74 valence electrons. The molecule has 0 aromatic carbocycles. The first kappa shape index (κ1) is 10.5. The van der Waals surface area contributed by atoms with Crippen LogP contribution in [0.1, 0.15) is 37.5 Å². The molecule has 4 nitrogen and oxygen atoms in total. The average Bonchev–Trinajstić information content (AvgIpc) is 2.58. The third-order valence-corrected chi connectivity index (χ3v) is 2.50. The third kappa shape index (κ3) is 2.42. The number of nitrogens with zero attached hydrogens (tertiary/aromatic N) is 2. The van der Waals surface area contributed by atoms with Gasteiger partial charge in [-0.15, -0.1) is 12.4 Å². The lowest BCUT2D eigenvalue weighted by molar-refractivity contribution is 0.301. The summed E-state index contributed by atoms with van der Waals surface area (Å²) in [5, 5.41) is 3.60. The Morgan fingerprint density at radius 2 is 2.00 bits per heavy atom. The van der Waals surface area contributed by atoms with Gasteiger partial charge in [0.1, 0.15) is 0 Å². The summed E-state index contributed by atoms with van der Waals surface area (Å²) in [7, 11) is 0. The lowest BCUT2D eigenvalue weighted by atomic mass is 9.86. The molecule has 0 saturated heterocycles. The minimum absolute atomic E-state index is 0. The molecular formula is C8H14ClN3O. The van der Waals surface area contributed by atoms with Gasteiger partial charge in [0.25, 0.3) is 0 Å². The van der Waals surface area contributed by atoms with Crippen LogP contribution in [0.5, 0.6) is 0 Å². The van der Waals surface area contributed by atoms with Gasteiger partial charge in [0, 0.05) is 12.0 Å².